The number of nitrogens with zero attached hydrogens (tertiary/aromatic N) is 2. The maximum Gasteiger partial charge on any atom is 0.287 e. The summed E-state index contributed by atoms with van der Waals surface area (Å²) in [6.45, 7) is 6.37. The Morgan fingerprint density at radius 1 is 1.53 bits per heavy atom. The molecule has 1 N–H and O–H groups in total. The lowest BCUT2D eigenvalue weighted by atomic mass is 9.56. The second-order valence-corrected chi connectivity index (χ2v) is 6.24. The Morgan fingerprint density at radius 2 is 2.16 bits per heavy atom. The molecule has 0 spiro atoms. The molecule has 1 fully saturated rings. The first kappa shape index (κ1) is 14.3. The number of halogens is 1. The summed E-state index contributed by atoms with van der Waals surface area (Å²) in [4.78, 5) is 11.7. The number of hydrogen-bond acceptors (Lipinski definition) is 4. The largest absolute Gasteiger partial charge is 0.379 e. The van der Waals surface area contributed by atoms with Crippen LogP contribution in [0, 0.1) is 5.41 Å². The van der Waals surface area contributed by atoms with Crippen LogP contribution < -0.4 is 10.9 Å². The van der Waals surface area contributed by atoms with E-state index in [4.69, 9.17) is 16.3 Å². The maximum absolute atomic E-state index is 11.7. The molecule has 0 saturated heterocycles. The molecule has 1 saturated carbocycles. The van der Waals surface area contributed by atoms with E-state index in [9.17, 15) is 4.79 Å². The molecular weight excluding hydrogens is 266 g/mol. The number of hydrogen-bond donors (Lipinski definition) is 1. The van der Waals surface area contributed by atoms with Gasteiger partial charge in [0.15, 0.2) is 0 Å². The lowest BCUT2D eigenvalue weighted by molar-refractivity contribution is -0.166. The number of aromatic nitrogens is 2. The van der Waals surface area contributed by atoms with E-state index in [1.807, 2.05) is 0 Å². The number of ether oxygens (including phenoxy) is 1. The fourth-order valence-electron chi connectivity index (χ4n) is 2.52. The first-order chi connectivity index (χ1) is 8.73. The van der Waals surface area contributed by atoms with E-state index in [1.54, 1.807) is 20.4 Å². The van der Waals surface area contributed by atoms with Crippen LogP contribution in [0.5, 0.6) is 0 Å². The van der Waals surface area contributed by atoms with Crippen LogP contribution in [0.1, 0.15) is 27.2 Å². The van der Waals surface area contributed by atoms with Gasteiger partial charge in [-0.3, -0.25) is 4.79 Å². The highest BCUT2D eigenvalue weighted by Gasteiger charge is 2.57. The average molecular weight is 286 g/mol. The van der Waals surface area contributed by atoms with Crippen LogP contribution in [-0.4, -0.2) is 28.5 Å². The summed E-state index contributed by atoms with van der Waals surface area (Å²) < 4.78 is 6.80. The molecular formula is C13H20ClN3O2. The van der Waals surface area contributed by atoms with E-state index in [2.05, 4.69) is 31.2 Å². The highest BCUT2D eigenvalue weighted by molar-refractivity contribution is 6.32. The van der Waals surface area contributed by atoms with E-state index in [0.717, 1.165) is 6.42 Å². The standard InChI is InChI=1S/C13H20ClN3O2/c1-12(2)9(6-13(12,3)19-5)16-8-7-15-17(4)11(18)10(8)14/h7,9,16H,6H2,1-5H3/t9-,13+/m0/s1. The molecule has 1 aliphatic carbocycles. The van der Waals surface area contributed by atoms with Gasteiger partial charge in [-0.2, -0.15) is 5.10 Å². The number of nitrogens with one attached hydrogen (secondary N) is 1. The highest BCUT2D eigenvalue weighted by Crippen LogP contribution is 2.52. The number of anilines is 1. The third-order valence-electron chi connectivity index (χ3n) is 4.69. The van der Waals surface area contributed by atoms with Crippen molar-refractivity contribution >= 4 is 17.3 Å². The Bertz CT molecular complexity index is 555. The van der Waals surface area contributed by atoms with E-state index in [-0.39, 0.29) is 27.6 Å². The Kier molecular flexibility index (Phi) is 3.39. The first-order valence-electron chi connectivity index (χ1n) is 6.26. The van der Waals surface area contributed by atoms with E-state index >= 15 is 0 Å². The Morgan fingerprint density at radius 3 is 2.68 bits per heavy atom. The zero-order valence-electron chi connectivity index (χ0n) is 12.0. The van der Waals surface area contributed by atoms with Crippen LogP contribution in [-0.2, 0) is 11.8 Å². The van der Waals surface area contributed by atoms with E-state index < -0.39 is 0 Å². The fourth-order valence-corrected chi connectivity index (χ4v) is 2.75. The van der Waals surface area contributed by atoms with Gasteiger partial charge in [0.05, 0.1) is 17.5 Å². The molecule has 1 aromatic rings. The highest BCUT2D eigenvalue weighted by atomic mass is 35.5. The molecule has 0 radical (unpaired) electrons. The Labute approximate surface area is 117 Å². The quantitative estimate of drug-likeness (QED) is 0.923. The molecule has 0 aliphatic heterocycles. The molecule has 0 bridgehead atoms. The van der Waals surface area contributed by atoms with Crippen molar-refractivity contribution in [1.29, 1.82) is 0 Å². The topological polar surface area (TPSA) is 56.1 Å². The lowest BCUT2D eigenvalue weighted by Gasteiger charge is -2.59. The van der Waals surface area contributed by atoms with Crippen LogP contribution in [0.4, 0.5) is 5.69 Å². The van der Waals surface area contributed by atoms with Crippen LogP contribution in [0.15, 0.2) is 11.0 Å². The molecule has 1 aromatic heterocycles. The Balaban J connectivity index is 2.21. The average Bonchev–Trinajstić information content (AvgIpc) is 2.38. The predicted octanol–water partition coefficient (Wildman–Crippen LogP) is 2.05. The molecule has 2 atom stereocenters. The molecule has 0 amide bonds. The minimum absolute atomic E-state index is 0.0494. The van der Waals surface area contributed by atoms with Gasteiger partial charge in [-0.25, -0.2) is 4.68 Å². The molecule has 1 heterocycles. The molecule has 5 nitrogen and oxygen atoms in total. The second kappa shape index (κ2) is 4.49. The molecule has 1 aliphatic rings. The molecule has 2 rings (SSSR count). The molecule has 0 aromatic carbocycles. The van der Waals surface area contributed by atoms with Crippen molar-refractivity contribution < 1.29 is 4.74 Å². The SMILES string of the molecule is CO[C@]1(C)C[C@H](Nc2cnn(C)c(=O)c2Cl)C1(C)C. The van der Waals surface area contributed by atoms with Gasteiger partial charge in [0.1, 0.15) is 5.02 Å². The molecule has 19 heavy (non-hydrogen) atoms. The smallest absolute Gasteiger partial charge is 0.287 e. The van der Waals surface area contributed by atoms with Crippen molar-refractivity contribution in [3.63, 3.8) is 0 Å². The summed E-state index contributed by atoms with van der Waals surface area (Å²) in [5.74, 6) is 0. The summed E-state index contributed by atoms with van der Waals surface area (Å²) in [6, 6.07) is 0.198. The van der Waals surface area contributed by atoms with Gasteiger partial charge >= 0.3 is 0 Å². The Hall–Kier alpha value is -1.07. The summed E-state index contributed by atoms with van der Waals surface area (Å²) in [7, 11) is 3.30. The zero-order valence-corrected chi connectivity index (χ0v) is 12.7. The van der Waals surface area contributed by atoms with Crippen molar-refractivity contribution in [1.82, 2.24) is 9.78 Å². The molecule has 0 unspecified atom stereocenters. The van der Waals surface area contributed by atoms with Gasteiger partial charge in [-0.05, 0) is 13.3 Å². The van der Waals surface area contributed by atoms with Gasteiger partial charge in [-0.1, -0.05) is 25.4 Å². The van der Waals surface area contributed by atoms with Gasteiger partial charge < -0.3 is 10.1 Å². The second-order valence-electron chi connectivity index (χ2n) is 5.86. The summed E-state index contributed by atoms with van der Waals surface area (Å²) >= 11 is 6.05. The molecule has 6 heteroatoms. The van der Waals surface area contributed by atoms with Crippen molar-refractivity contribution in [3.05, 3.63) is 21.6 Å². The third kappa shape index (κ3) is 2.05. The number of aryl methyl sites for hydroxylation is 1. The van der Waals surface area contributed by atoms with Crippen molar-refractivity contribution in [2.75, 3.05) is 12.4 Å². The minimum atomic E-state index is -0.293. The number of methoxy groups -OCH3 is 1. The van der Waals surface area contributed by atoms with E-state index in [0.29, 0.717) is 5.69 Å². The van der Waals surface area contributed by atoms with Crippen molar-refractivity contribution in [2.45, 2.75) is 38.8 Å². The zero-order chi connectivity index (χ0) is 14.4. The summed E-state index contributed by atoms with van der Waals surface area (Å²) in [5.41, 5.74) is 0.0792. The minimum Gasteiger partial charge on any atom is -0.379 e. The van der Waals surface area contributed by atoms with Crippen molar-refractivity contribution in [3.8, 4) is 0 Å². The van der Waals surface area contributed by atoms with Crippen LogP contribution in [0.25, 0.3) is 0 Å². The number of rotatable bonds is 3. The van der Waals surface area contributed by atoms with Crippen molar-refractivity contribution in [2.24, 2.45) is 12.5 Å². The van der Waals surface area contributed by atoms with Crippen LogP contribution >= 0.6 is 11.6 Å². The first-order valence-corrected chi connectivity index (χ1v) is 6.64. The van der Waals surface area contributed by atoms with Gasteiger partial charge in [0.25, 0.3) is 5.56 Å². The van der Waals surface area contributed by atoms with E-state index in [1.165, 1.54) is 4.68 Å². The molecule has 106 valence electrons. The predicted molar refractivity (Wildman–Crippen MR) is 75.7 cm³/mol. The van der Waals surface area contributed by atoms with Crippen LogP contribution in [0.3, 0.4) is 0 Å². The maximum atomic E-state index is 11.7. The third-order valence-corrected chi connectivity index (χ3v) is 5.05. The summed E-state index contributed by atoms with van der Waals surface area (Å²) in [5, 5.41) is 7.47. The monoisotopic (exact) mass is 285 g/mol. The van der Waals surface area contributed by atoms with Gasteiger partial charge in [0.2, 0.25) is 0 Å². The fraction of sp³-hybridized carbons (Fsp3) is 0.692. The normalized spacial score (nSPS) is 28.8. The summed E-state index contributed by atoms with van der Waals surface area (Å²) in [6.07, 6.45) is 2.45. The van der Waals surface area contributed by atoms with Crippen LogP contribution in [0.2, 0.25) is 5.02 Å². The van der Waals surface area contributed by atoms with Gasteiger partial charge in [0, 0.05) is 25.6 Å². The van der Waals surface area contributed by atoms with Gasteiger partial charge in [-0.15, -0.1) is 0 Å². The lowest BCUT2D eigenvalue weighted by Crippen LogP contribution is -2.65.